The maximum Gasteiger partial charge on any atom is 0.265 e. The van der Waals surface area contributed by atoms with Gasteiger partial charge < -0.3 is 14.4 Å². The van der Waals surface area contributed by atoms with Gasteiger partial charge in [0.25, 0.3) is 10.0 Å². The third-order valence-corrected chi connectivity index (χ3v) is 5.47. The molecule has 0 aromatic heterocycles. The fourth-order valence-corrected chi connectivity index (χ4v) is 3.76. The number of sulfonamides is 1. The molecule has 0 saturated heterocycles. The predicted octanol–water partition coefficient (Wildman–Crippen LogP) is 3.74. The Labute approximate surface area is 155 Å². The van der Waals surface area contributed by atoms with E-state index in [1.807, 2.05) is 19.2 Å². The Morgan fingerprint density at radius 3 is 2.31 bits per heavy atom. The van der Waals surface area contributed by atoms with Crippen LogP contribution in [0.25, 0.3) is 0 Å². The minimum absolute atomic E-state index is 0.0310. The molecule has 0 spiro atoms. The second-order valence-corrected chi connectivity index (χ2v) is 7.60. The van der Waals surface area contributed by atoms with Gasteiger partial charge in [-0.3, -0.25) is 4.72 Å². The first-order valence-corrected chi connectivity index (χ1v) is 9.95. The average molecular weight is 378 g/mol. The molecule has 0 radical (unpaired) electrons. The van der Waals surface area contributed by atoms with Crippen LogP contribution in [-0.4, -0.2) is 36.2 Å². The highest BCUT2D eigenvalue weighted by atomic mass is 32.2. The molecule has 0 aliphatic carbocycles. The van der Waals surface area contributed by atoms with Crippen LogP contribution in [0.4, 0.5) is 11.4 Å². The molecule has 7 heteroatoms. The fraction of sp³-hybridized carbons (Fsp3) is 0.368. The van der Waals surface area contributed by atoms with Gasteiger partial charge in [-0.2, -0.15) is 0 Å². The van der Waals surface area contributed by atoms with E-state index in [1.54, 1.807) is 24.3 Å². The van der Waals surface area contributed by atoms with E-state index >= 15 is 0 Å². The van der Waals surface area contributed by atoms with Gasteiger partial charge in [0, 0.05) is 31.0 Å². The number of hydrogen-bond acceptors (Lipinski definition) is 5. The molecule has 0 heterocycles. The lowest BCUT2D eigenvalue weighted by atomic mass is 10.2. The lowest BCUT2D eigenvalue weighted by molar-refractivity contribution is 0.392. The molecule has 2 rings (SSSR count). The number of unbranched alkanes of at least 4 members (excludes halogenated alkanes) is 1. The topological polar surface area (TPSA) is 67.9 Å². The Morgan fingerprint density at radius 1 is 1.04 bits per heavy atom. The van der Waals surface area contributed by atoms with E-state index in [0.717, 1.165) is 25.1 Å². The molecule has 0 fully saturated rings. The molecule has 0 saturated carbocycles. The minimum Gasteiger partial charge on any atom is -0.497 e. The minimum atomic E-state index is -3.80. The molecular formula is C19H26N2O4S. The fourth-order valence-electron chi connectivity index (χ4n) is 2.51. The predicted molar refractivity (Wildman–Crippen MR) is 105 cm³/mol. The monoisotopic (exact) mass is 378 g/mol. The van der Waals surface area contributed by atoms with Crippen LogP contribution in [-0.2, 0) is 10.0 Å². The summed E-state index contributed by atoms with van der Waals surface area (Å²) in [4.78, 5) is 2.18. The van der Waals surface area contributed by atoms with Crippen LogP contribution in [0.3, 0.4) is 0 Å². The number of rotatable bonds is 9. The lowest BCUT2D eigenvalue weighted by Crippen LogP contribution is -2.18. The first kappa shape index (κ1) is 19.9. The zero-order chi connectivity index (χ0) is 19.2. The van der Waals surface area contributed by atoms with Gasteiger partial charge >= 0.3 is 0 Å². The molecule has 6 nitrogen and oxygen atoms in total. The maximum atomic E-state index is 12.8. The van der Waals surface area contributed by atoms with Crippen molar-refractivity contribution in [3.8, 4) is 11.5 Å². The number of benzene rings is 2. The summed E-state index contributed by atoms with van der Waals surface area (Å²) in [7, 11) is 1.14. The van der Waals surface area contributed by atoms with Crippen LogP contribution >= 0.6 is 0 Å². The summed E-state index contributed by atoms with van der Waals surface area (Å²) in [6.07, 6.45) is 2.24. The Morgan fingerprint density at radius 2 is 1.73 bits per heavy atom. The van der Waals surface area contributed by atoms with E-state index in [-0.39, 0.29) is 10.6 Å². The Bertz CT molecular complexity index is 820. The van der Waals surface area contributed by atoms with Crippen molar-refractivity contribution in [1.82, 2.24) is 0 Å². The van der Waals surface area contributed by atoms with E-state index in [0.29, 0.717) is 11.4 Å². The summed E-state index contributed by atoms with van der Waals surface area (Å²) in [5.74, 6) is 0.702. The number of anilines is 2. The average Bonchev–Trinajstić information content (AvgIpc) is 2.65. The van der Waals surface area contributed by atoms with Gasteiger partial charge in [-0.05, 0) is 42.8 Å². The number of ether oxygens (including phenoxy) is 2. The number of hydrogen-bond donors (Lipinski definition) is 1. The SMILES string of the molecule is CCCCN(C)c1ccc(NS(=O)(=O)c2cc(OC)ccc2OC)cc1. The molecule has 2 aromatic carbocycles. The van der Waals surface area contributed by atoms with Crippen LogP contribution in [0.1, 0.15) is 19.8 Å². The first-order valence-electron chi connectivity index (χ1n) is 8.47. The van der Waals surface area contributed by atoms with Gasteiger partial charge in [-0.15, -0.1) is 0 Å². The zero-order valence-electron chi connectivity index (χ0n) is 15.7. The molecule has 1 N–H and O–H groups in total. The van der Waals surface area contributed by atoms with E-state index in [1.165, 1.54) is 20.3 Å². The van der Waals surface area contributed by atoms with Crippen LogP contribution < -0.4 is 19.1 Å². The molecule has 0 unspecified atom stereocenters. The number of nitrogens with one attached hydrogen (secondary N) is 1. The van der Waals surface area contributed by atoms with Crippen LogP contribution in [0.2, 0.25) is 0 Å². The standard InChI is InChI=1S/C19H26N2O4S/c1-5-6-13-21(2)16-9-7-15(8-10-16)20-26(22,23)19-14-17(24-3)11-12-18(19)25-4/h7-12,14,20H,5-6,13H2,1-4H3. The van der Waals surface area contributed by atoms with Gasteiger partial charge in [0.2, 0.25) is 0 Å². The van der Waals surface area contributed by atoms with Crippen LogP contribution in [0.15, 0.2) is 47.4 Å². The molecule has 0 aliphatic heterocycles. The van der Waals surface area contributed by atoms with Gasteiger partial charge in [0.1, 0.15) is 16.4 Å². The van der Waals surface area contributed by atoms with Crippen molar-refractivity contribution in [3.05, 3.63) is 42.5 Å². The lowest BCUT2D eigenvalue weighted by Gasteiger charge is -2.19. The molecule has 142 valence electrons. The molecule has 0 aliphatic rings. The van der Waals surface area contributed by atoms with E-state index in [9.17, 15) is 8.42 Å². The normalized spacial score (nSPS) is 11.1. The van der Waals surface area contributed by atoms with Crippen LogP contribution in [0, 0.1) is 0 Å². The van der Waals surface area contributed by atoms with Crippen molar-refractivity contribution in [3.63, 3.8) is 0 Å². The largest absolute Gasteiger partial charge is 0.497 e. The molecule has 0 bridgehead atoms. The van der Waals surface area contributed by atoms with Crippen molar-refractivity contribution in [2.45, 2.75) is 24.7 Å². The highest BCUT2D eigenvalue weighted by Gasteiger charge is 2.20. The molecule has 26 heavy (non-hydrogen) atoms. The van der Waals surface area contributed by atoms with E-state index in [4.69, 9.17) is 9.47 Å². The Hall–Kier alpha value is -2.41. The molecular weight excluding hydrogens is 352 g/mol. The highest BCUT2D eigenvalue weighted by Crippen LogP contribution is 2.30. The van der Waals surface area contributed by atoms with Crippen molar-refractivity contribution in [2.75, 3.05) is 37.4 Å². The quantitative estimate of drug-likeness (QED) is 0.720. The van der Waals surface area contributed by atoms with Crippen LogP contribution in [0.5, 0.6) is 11.5 Å². The van der Waals surface area contributed by atoms with Gasteiger partial charge in [-0.25, -0.2) is 8.42 Å². The van der Waals surface area contributed by atoms with Crippen molar-refractivity contribution < 1.29 is 17.9 Å². The zero-order valence-corrected chi connectivity index (χ0v) is 16.5. The van der Waals surface area contributed by atoms with Gasteiger partial charge in [0.15, 0.2) is 0 Å². The van der Waals surface area contributed by atoms with E-state index < -0.39 is 10.0 Å². The molecule has 0 amide bonds. The maximum absolute atomic E-state index is 12.8. The summed E-state index contributed by atoms with van der Waals surface area (Å²) in [6, 6.07) is 12.0. The second kappa shape index (κ2) is 8.80. The molecule has 0 atom stereocenters. The summed E-state index contributed by atoms with van der Waals surface area (Å²) < 4.78 is 38.4. The Balaban J connectivity index is 2.22. The highest BCUT2D eigenvalue weighted by molar-refractivity contribution is 7.92. The summed E-state index contributed by atoms with van der Waals surface area (Å²) >= 11 is 0. The number of nitrogens with zero attached hydrogens (tertiary/aromatic N) is 1. The van der Waals surface area contributed by atoms with E-state index in [2.05, 4.69) is 16.5 Å². The smallest absolute Gasteiger partial charge is 0.265 e. The number of methoxy groups -OCH3 is 2. The van der Waals surface area contributed by atoms with Crippen molar-refractivity contribution in [2.24, 2.45) is 0 Å². The second-order valence-electron chi connectivity index (χ2n) is 5.94. The first-order chi connectivity index (χ1) is 12.4. The third kappa shape index (κ3) is 4.82. The van der Waals surface area contributed by atoms with Crippen molar-refractivity contribution in [1.29, 1.82) is 0 Å². The Kier molecular flexibility index (Phi) is 6.74. The third-order valence-electron chi connectivity index (χ3n) is 4.07. The van der Waals surface area contributed by atoms with Gasteiger partial charge in [0.05, 0.1) is 14.2 Å². The summed E-state index contributed by atoms with van der Waals surface area (Å²) in [5, 5.41) is 0. The summed E-state index contributed by atoms with van der Waals surface area (Å²) in [6.45, 7) is 3.11. The molecule has 2 aromatic rings. The van der Waals surface area contributed by atoms with Gasteiger partial charge in [-0.1, -0.05) is 13.3 Å². The van der Waals surface area contributed by atoms with Crippen molar-refractivity contribution >= 4 is 21.4 Å². The summed E-state index contributed by atoms with van der Waals surface area (Å²) in [5.41, 5.74) is 1.53.